The maximum Gasteiger partial charge on any atom is 0.434 e. The largest absolute Gasteiger partial charge is 0.495 e. The van der Waals surface area contributed by atoms with Crippen LogP contribution in [0.4, 0.5) is 0 Å². The summed E-state index contributed by atoms with van der Waals surface area (Å²) in [5.41, 5.74) is 3.52. The van der Waals surface area contributed by atoms with Crippen molar-refractivity contribution in [2.45, 2.75) is 43.0 Å². The fourth-order valence-electron chi connectivity index (χ4n) is 4.07. The second-order valence-electron chi connectivity index (χ2n) is 7.33. The molecule has 2 aromatic carbocycles. The van der Waals surface area contributed by atoms with Crippen LogP contribution in [0, 0.1) is 0 Å². The quantitative estimate of drug-likeness (QED) is 0.597. The van der Waals surface area contributed by atoms with Crippen LogP contribution >= 0.6 is 0 Å². The summed E-state index contributed by atoms with van der Waals surface area (Å²) in [4.78, 5) is 11.6. The summed E-state index contributed by atoms with van der Waals surface area (Å²) in [6.45, 7) is 1.90. The van der Waals surface area contributed by atoms with Crippen LogP contribution in [0.15, 0.2) is 56.6 Å². The molecule has 0 saturated heterocycles. The fourth-order valence-corrected chi connectivity index (χ4v) is 5.51. The van der Waals surface area contributed by atoms with Gasteiger partial charge in [0.2, 0.25) is 15.9 Å². The highest BCUT2D eigenvalue weighted by Crippen LogP contribution is 2.37. The zero-order chi connectivity index (χ0) is 21.3. The number of fused-ring (bicyclic) bond motifs is 1. The van der Waals surface area contributed by atoms with Gasteiger partial charge in [0.15, 0.2) is 0 Å². The Hall–Kier alpha value is -2.91. The van der Waals surface area contributed by atoms with Crippen molar-refractivity contribution >= 4 is 10.0 Å². The molecule has 1 heterocycles. The number of aromatic nitrogens is 2. The molecule has 4 rings (SSSR count). The monoisotopic (exact) mass is 429 g/mol. The third-order valence-corrected chi connectivity index (χ3v) is 7.01. The standard InChI is InChI=1S/C21H23N3O5S/c1-13(15-9-5-7-14-8-6-10-16(14)15)19(20-22-23-21(25)29-20)24-30(26,27)18-12-4-3-11-17(18)28-2/h3-5,7,9,11-13,19,24H,6,8,10H2,1-2H3,(H,23,25)/t13-,19+/m1/s1. The summed E-state index contributed by atoms with van der Waals surface area (Å²) >= 11 is 0. The zero-order valence-corrected chi connectivity index (χ0v) is 17.5. The van der Waals surface area contributed by atoms with Gasteiger partial charge >= 0.3 is 5.76 Å². The van der Waals surface area contributed by atoms with Gasteiger partial charge in [-0.15, -0.1) is 5.10 Å². The Kier molecular flexibility index (Phi) is 5.48. The second kappa shape index (κ2) is 8.08. The molecule has 9 heteroatoms. The zero-order valence-electron chi connectivity index (χ0n) is 16.7. The molecule has 8 nitrogen and oxygen atoms in total. The normalized spacial score (nSPS) is 15.5. The van der Waals surface area contributed by atoms with Crippen molar-refractivity contribution < 1.29 is 17.6 Å². The van der Waals surface area contributed by atoms with Gasteiger partial charge in [-0.1, -0.05) is 37.3 Å². The van der Waals surface area contributed by atoms with Crippen molar-refractivity contribution in [3.8, 4) is 5.75 Å². The van der Waals surface area contributed by atoms with Gasteiger partial charge in [-0.2, -0.15) is 4.72 Å². The molecule has 3 aromatic rings. The van der Waals surface area contributed by atoms with E-state index in [1.54, 1.807) is 18.2 Å². The molecule has 30 heavy (non-hydrogen) atoms. The number of benzene rings is 2. The molecular formula is C21H23N3O5S. The number of aryl methyl sites for hydroxylation is 1. The highest BCUT2D eigenvalue weighted by Gasteiger charge is 2.33. The van der Waals surface area contributed by atoms with E-state index in [9.17, 15) is 13.2 Å². The fraction of sp³-hybridized carbons (Fsp3) is 0.333. The van der Waals surface area contributed by atoms with Crippen molar-refractivity contribution in [1.82, 2.24) is 14.9 Å². The lowest BCUT2D eigenvalue weighted by Gasteiger charge is -2.25. The van der Waals surface area contributed by atoms with Crippen molar-refractivity contribution in [3.63, 3.8) is 0 Å². The summed E-state index contributed by atoms with van der Waals surface area (Å²) in [5, 5.41) is 6.14. The van der Waals surface area contributed by atoms with Crippen LogP contribution in [0.1, 0.15) is 47.9 Å². The number of sulfonamides is 1. The smallest absolute Gasteiger partial charge is 0.434 e. The Balaban J connectivity index is 1.76. The molecule has 0 unspecified atom stereocenters. The number of hydrogen-bond donors (Lipinski definition) is 2. The third-order valence-electron chi connectivity index (χ3n) is 5.53. The number of hydrogen-bond acceptors (Lipinski definition) is 6. The molecule has 0 fully saturated rings. The highest BCUT2D eigenvalue weighted by atomic mass is 32.2. The van der Waals surface area contributed by atoms with Crippen LogP contribution in [-0.2, 0) is 22.9 Å². The number of nitrogens with zero attached hydrogens (tertiary/aromatic N) is 1. The Labute approximate surface area is 174 Å². The Morgan fingerprint density at radius 1 is 1.17 bits per heavy atom. The minimum Gasteiger partial charge on any atom is -0.495 e. The van der Waals surface area contributed by atoms with Crippen LogP contribution in [0.25, 0.3) is 0 Å². The Bertz CT molecular complexity index is 1220. The summed E-state index contributed by atoms with van der Waals surface area (Å²) in [6, 6.07) is 11.5. The lowest BCUT2D eigenvalue weighted by atomic mass is 9.88. The first-order valence-corrected chi connectivity index (χ1v) is 11.2. The maximum absolute atomic E-state index is 13.2. The lowest BCUT2D eigenvalue weighted by Crippen LogP contribution is -2.32. The number of ether oxygens (including phenoxy) is 1. The predicted octanol–water partition coefficient (Wildman–Crippen LogP) is 2.68. The molecule has 1 aliphatic carbocycles. The van der Waals surface area contributed by atoms with Gasteiger partial charge < -0.3 is 9.15 Å². The average Bonchev–Trinajstić information content (AvgIpc) is 3.40. The van der Waals surface area contributed by atoms with E-state index in [0.29, 0.717) is 0 Å². The first-order valence-electron chi connectivity index (χ1n) is 9.72. The van der Waals surface area contributed by atoms with E-state index in [1.165, 1.54) is 24.3 Å². The molecule has 0 saturated carbocycles. The van der Waals surface area contributed by atoms with Gasteiger partial charge in [0.1, 0.15) is 16.7 Å². The van der Waals surface area contributed by atoms with Crippen LogP contribution in [0.5, 0.6) is 5.75 Å². The Morgan fingerprint density at radius 2 is 1.97 bits per heavy atom. The molecule has 0 aliphatic heterocycles. The molecular weight excluding hydrogens is 406 g/mol. The topological polar surface area (TPSA) is 114 Å². The predicted molar refractivity (Wildman–Crippen MR) is 110 cm³/mol. The van der Waals surface area contributed by atoms with E-state index in [-0.39, 0.29) is 22.5 Å². The molecule has 0 radical (unpaired) electrons. The molecule has 158 valence electrons. The molecule has 1 aliphatic rings. The molecule has 0 spiro atoms. The summed E-state index contributed by atoms with van der Waals surface area (Å²) in [7, 11) is -2.59. The third kappa shape index (κ3) is 3.78. The van der Waals surface area contributed by atoms with Crippen molar-refractivity contribution in [2.75, 3.05) is 7.11 Å². The number of aromatic amines is 1. The summed E-state index contributed by atoms with van der Waals surface area (Å²) < 4.78 is 39.5. The van der Waals surface area contributed by atoms with E-state index in [2.05, 4.69) is 21.0 Å². The number of para-hydroxylation sites is 1. The molecule has 2 N–H and O–H groups in total. The minimum absolute atomic E-state index is 0.000809. The number of H-pyrrole nitrogens is 1. The minimum atomic E-state index is -4.00. The van der Waals surface area contributed by atoms with Crippen LogP contribution in [0.3, 0.4) is 0 Å². The van der Waals surface area contributed by atoms with E-state index < -0.39 is 21.8 Å². The lowest BCUT2D eigenvalue weighted by molar-refractivity contribution is 0.378. The van der Waals surface area contributed by atoms with E-state index in [4.69, 9.17) is 9.15 Å². The van der Waals surface area contributed by atoms with Gasteiger partial charge in [0.25, 0.3) is 0 Å². The van der Waals surface area contributed by atoms with Gasteiger partial charge in [0, 0.05) is 5.92 Å². The number of rotatable bonds is 7. The van der Waals surface area contributed by atoms with E-state index in [1.807, 2.05) is 19.1 Å². The maximum atomic E-state index is 13.2. The van der Waals surface area contributed by atoms with Crippen LogP contribution < -0.4 is 15.2 Å². The highest BCUT2D eigenvalue weighted by molar-refractivity contribution is 7.89. The number of methoxy groups -OCH3 is 1. The van der Waals surface area contributed by atoms with Crippen LogP contribution in [0.2, 0.25) is 0 Å². The molecule has 0 bridgehead atoms. The average molecular weight is 429 g/mol. The molecule has 2 atom stereocenters. The van der Waals surface area contributed by atoms with E-state index >= 15 is 0 Å². The summed E-state index contributed by atoms with van der Waals surface area (Å²) in [6.07, 6.45) is 3.01. The van der Waals surface area contributed by atoms with Crippen molar-refractivity contribution in [2.24, 2.45) is 0 Å². The molecule has 1 aromatic heterocycles. The first-order chi connectivity index (χ1) is 14.4. The van der Waals surface area contributed by atoms with Gasteiger partial charge in [-0.05, 0) is 48.1 Å². The summed E-state index contributed by atoms with van der Waals surface area (Å²) in [5.74, 6) is -0.854. The Morgan fingerprint density at radius 3 is 2.70 bits per heavy atom. The van der Waals surface area contributed by atoms with Crippen molar-refractivity contribution in [1.29, 1.82) is 0 Å². The first kappa shape index (κ1) is 20.4. The van der Waals surface area contributed by atoms with Gasteiger partial charge in [-0.3, -0.25) is 0 Å². The van der Waals surface area contributed by atoms with Crippen LogP contribution in [-0.4, -0.2) is 25.7 Å². The second-order valence-corrected chi connectivity index (χ2v) is 9.01. The molecule has 0 amide bonds. The number of nitrogens with one attached hydrogen (secondary N) is 2. The van der Waals surface area contributed by atoms with E-state index in [0.717, 1.165) is 24.8 Å². The van der Waals surface area contributed by atoms with Gasteiger partial charge in [-0.25, -0.2) is 18.3 Å². The SMILES string of the molecule is COc1ccccc1S(=O)(=O)N[C@H](c1n[nH]c(=O)o1)[C@H](C)c1cccc2c1CCC2. The van der Waals surface area contributed by atoms with Gasteiger partial charge in [0.05, 0.1) is 7.11 Å². The van der Waals surface area contributed by atoms with Crippen molar-refractivity contribution in [3.05, 3.63) is 75.6 Å².